The normalized spacial score (nSPS) is 12.5. The highest BCUT2D eigenvalue weighted by atomic mass is 16.6. The first-order chi connectivity index (χ1) is 29.5. The van der Waals surface area contributed by atoms with E-state index < -0.39 is 6.10 Å². The molecule has 6 heteroatoms. The van der Waals surface area contributed by atoms with Gasteiger partial charge in [-0.1, -0.05) is 184 Å². The van der Waals surface area contributed by atoms with E-state index in [1.54, 1.807) is 0 Å². The van der Waals surface area contributed by atoms with E-state index in [1.165, 1.54) is 109 Å². The van der Waals surface area contributed by atoms with Crippen LogP contribution in [0, 0.1) is 0 Å². The largest absolute Gasteiger partial charge is 0.462 e. The fourth-order valence-corrected chi connectivity index (χ4v) is 6.92. The second kappa shape index (κ2) is 48.8. The van der Waals surface area contributed by atoms with Gasteiger partial charge in [0.05, 0.1) is 0 Å². The fraction of sp³-hybridized carbons (Fsp3) is 0.759. The van der Waals surface area contributed by atoms with Crippen LogP contribution in [0.3, 0.4) is 0 Å². The van der Waals surface area contributed by atoms with E-state index >= 15 is 0 Å². The molecule has 60 heavy (non-hydrogen) atoms. The zero-order chi connectivity index (χ0) is 43.7. The summed E-state index contributed by atoms with van der Waals surface area (Å²) >= 11 is 0. The molecule has 0 heterocycles. The quantitative estimate of drug-likeness (QED) is 0.0263. The Morgan fingerprint density at radius 1 is 0.350 bits per heavy atom. The highest BCUT2D eigenvalue weighted by molar-refractivity contribution is 5.71. The minimum absolute atomic E-state index is 0.0929. The van der Waals surface area contributed by atoms with Gasteiger partial charge in [-0.2, -0.15) is 0 Å². The van der Waals surface area contributed by atoms with Crippen molar-refractivity contribution in [2.24, 2.45) is 0 Å². The Balaban J connectivity index is 4.43. The molecule has 0 saturated heterocycles. The average Bonchev–Trinajstić information content (AvgIpc) is 3.24. The molecule has 1 unspecified atom stereocenters. The maximum atomic E-state index is 12.8. The Morgan fingerprint density at radius 2 is 0.650 bits per heavy atom. The van der Waals surface area contributed by atoms with Gasteiger partial charge in [0.1, 0.15) is 13.2 Å². The van der Waals surface area contributed by atoms with Crippen LogP contribution in [0.4, 0.5) is 0 Å². The molecule has 0 aromatic heterocycles. The maximum absolute atomic E-state index is 12.8. The van der Waals surface area contributed by atoms with Gasteiger partial charge in [0.15, 0.2) is 6.10 Å². The highest BCUT2D eigenvalue weighted by Crippen LogP contribution is 2.13. The molecular weight excluding hydrogens is 745 g/mol. The molecule has 0 bridgehead atoms. The zero-order valence-electron chi connectivity index (χ0n) is 39.5. The van der Waals surface area contributed by atoms with Crippen LogP contribution in [0.1, 0.15) is 245 Å². The lowest BCUT2D eigenvalue weighted by atomic mass is 10.1. The standard InChI is InChI=1S/C54H94O6/c1-4-7-10-13-16-19-22-25-26-27-30-32-35-38-41-44-47-53(56)59-50-51(60-54(57)48-45-42-39-36-33-29-24-21-18-15-12-9-6-3)49-58-52(55)46-43-40-37-34-31-28-23-20-17-14-11-8-5-2/h9,12,18,20-21,23,26-27,29,33,51H,4-8,10-11,13-17,19,22,24-25,28,30-32,34-50H2,1-3H3/b12-9-,21-18-,23-20-,27-26-,33-29-. The van der Waals surface area contributed by atoms with Gasteiger partial charge in [0, 0.05) is 19.3 Å². The Kier molecular flexibility index (Phi) is 46.4. The predicted octanol–water partition coefficient (Wildman–Crippen LogP) is 16.5. The first kappa shape index (κ1) is 57.1. The number of carbonyl (C=O) groups is 3. The SMILES string of the molecule is CC/C=C\C/C=C\C/C=C\CCCCCC(=O)OC(COC(=O)CCCCCCC/C=C\CCCCCC)COC(=O)CCCCCCC/C=C\CCCCCCCCC. The number of unbranched alkanes of at least 4 members (excludes halogenated alkanes) is 24. The third kappa shape index (κ3) is 46.2. The molecule has 0 amide bonds. The minimum Gasteiger partial charge on any atom is -0.462 e. The van der Waals surface area contributed by atoms with E-state index in [0.717, 1.165) is 96.3 Å². The van der Waals surface area contributed by atoms with Crippen molar-refractivity contribution in [1.82, 2.24) is 0 Å². The zero-order valence-corrected chi connectivity index (χ0v) is 39.5. The number of hydrogen-bond acceptors (Lipinski definition) is 6. The summed E-state index contributed by atoms with van der Waals surface area (Å²) in [7, 11) is 0. The molecule has 0 radical (unpaired) electrons. The summed E-state index contributed by atoms with van der Waals surface area (Å²) in [6.45, 7) is 6.47. The summed E-state index contributed by atoms with van der Waals surface area (Å²) in [5, 5.41) is 0. The maximum Gasteiger partial charge on any atom is 0.306 e. The lowest BCUT2D eigenvalue weighted by Crippen LogP contribution is -2.30. The molecule has 0 rings (SSSR count). The molecule has 0 aromatic rings. The van der Waals surface area contributed by atoms with Crippen molar-refractivity contribution < 1.29 is 28.6 Å². The summed E-state index contributed by atoms with van der Waals surface area (Å²) in [6.07, 6.45) is 59.2. The van der Waals surface area contributed by atoms with E-state index in [4.69, 9.17) is 14.2 Å². The van der Waals surface area contributed by atoms with Gasteiger partial charge >= 0.3 is 17.9 Å². The number of carbonyl (C=O) groups excluding carboxylic acids is 3. The summed E-state index contributed by atoms with van der Waals surface area (Å²) in [5.41, 5.74) is 0. The van der Waals surface area contributed by atoms with Crippen LogP contribution >= 0.6 is 0 Å². The number of hydrogen-bond donors (Lipinski definition) is 0. The fourth-order valence-electron chi connectivity index (χ4n) is 6.92. The van der Waals surface area contributed by atoms with Gasteiger partial charge < -0.3 is 14.2 Å². The molecular formula is C54H94O6. The molecule has 0 N–H and O–H groups in total. The van der Waals surface area contributed by atoms with Gasteiger partial charge in [0.2, 0.25) is 0 Å². The van der Waals surface area contributed by atoms with Gasteiger partial charge in [-0.25, -0.2) is 0 Å². The number of ether oxygens (including phenoxy) is 3. The lowest BCUT2D eigenvalue weighted by molar-refractivity contribution is -0.167. The minimum atomic E-state index is -0.794. The molecule has 6 nitrogen and oxygen atoms in total. The predicted molar refractivity (Wildman–Crippen MR) is 256 cm³/mol. The van der Waals surface area contributed by atoms with Crippen LogP contribution in [0.5, 0.6) is 0 Å². The van der Waals surface area contributed by atoms with E-state index in [-0.39, 0.29) is 31.1 Å². The van der Waals surface area contributed by atoms with Crippen molar-refractivity contribution in [1.29, 1.82) is 0 Å². The van der Waals surface area contributed by atoms with Crippen molar-refractivity contribution in [2.45, 2.75) is 252 Å². The lowest BCUT2D eigenvalue weighted by Gasteiger charge is -2.18. The Bertz CT molecular complexity index is 1100. The summed E-state index contributed by atoms with van der Waals surface area (Å²) in [4.78, 5) is 37.9. The van der Waals surface area contributed by atoms with Crippen LogP contribution < -0.4 is 0 Å². The van der Waals surface area contributed by atoms with Crippen LogP contribution in [0.15, 0.2) is 60.8 Å². The molecule has 0 aliphatic carbocycles. The Hall–Kier alpha value is -2.89. The van der Waals surface area contributed by atoms with Crippen molar-refractivity contribution in [3.63, 3.8) is 0 Å². The van der Waals surface area contributed by atoms with E-state index in [0.29, 0.717) is 19.3 Å². The molecule has 0 fully saturated rings. The number of allylic oxidation sites excluding steroid dienone is 10. The number of esters is 3. The third-order valence-electron chi connectivity index (χ3n) is 10.7. The molecule has 346 valence electrons. The van der Waals surface area contributed by atoms with Gasteiger partial charge in [-0.3, -0.25) is 14.4 Å². The smallest absolute Gasteiger partial charge is 0.306 e. The van der Waals surface area contributed by atoms with Crippen LogP contribution in [-0.2, 0) is 28.6 Å². The third-order valence-corrected chi connectivity index (χ3v) is 10.7. The van der Waals surface area contributed by atoms with Gasteiger partial charge in [0.25, 0.3) is 0 Å². The second-order valence-corrected chi connectivity index (χ2v) is 16.7. The molecule has 0 aromatic carbocycles. The second-order valence-electron chi connectivity index (χ2n) is 16.7. The molecule has 0 saturated carbocycles. The number of rotatable bonds is 45. The van der Waals surface area contributed by atoms with E-state index in [1.807, 2.05) is 0 Å². The summed E-state index contributed by atoms with van der Waals surface area (Å²) in [6, 6.07) is 0. The Labute approximate surface area is 370 Å². The first-order valence-corrected chi connectivity index (χ1v) is 25.3. The summed E-state index contributed by atoms with van der Waals surface area (Å²) < 4.78 is 16.7. The molecule has 0 aliphatic heterocycles. The highest BCUT2D eigenvalue weighted by Gasteiger charge is 2.19. The van der Waals surface area contributed by atoms with E-state index in [2.05, 4.69) is 81.5 Å². The molecule has 0 aliphatic rings. The van der Waals surface area contributed by atoms with Gasteiger partial charge in [-0.15, -0.1) is 0 Å². The van der Waals surface area contributed by atoms with E-state index in [9.17, 15) is 14.4 Å². The first-order valence-electron chi connectivity index (χ1n) is 25.3. The van der Waals surface area contributed by atoms with Crippen LogP contribution in [0.25, 0.3) is 0 Å². The van der Waals surface area contributed by atoms with Crippen molar-refractivity contribution in [2.75, 3.05) is 13.2 Å². The van der Waals surface area contributed by atoms with Crippen molar-refractivity contribution in [3.8, 4) is 0 Å². The molecule has 0 spiro atoms. The van der Waals surface area contributed by atoms with Crippen LogP contribution in [-0.4, -0.2) is 37.2 Å². The van der Waals surface area contributed by atoms with Crippen molar-refractivity contribution in [3.05, 3.63) is 60.8 Å². The summed E-state index contributed by atoms with van der Waals surface area (Å²) in [5.74, 6) is -0.937. The van der Waals surface area contributed by atoms with Crippen LogP contribution in [0.2, 0.25) is 0 Å². The molecule has 1 atom stereocenters. The monoisotopic (exact) mass is 839 g/mol. The topological polar surface area (TPSA) is 78.9 Å². The van der Waals surface area contributed by atoms with Crippen molar-refractivity contribution >= 4 is 17.9 Å². The average molecular weight is 839 g/mol. The van der Waals surface area contributed by atoms with Gasteiger partial charge in [-0.05, 0) is 103 Å². The Morgan fingerprint density at radius 3 is 1.07 bits per heavy atom.